The average molecular weight is 257 g/mol. The number of nitrogen functional groups attached to an aromatic ring is 1. The van der Waals surface area contributed by atoms with Crippen molar-refractivity contribution in [1.82, 2.24) is 4.90 Å². The van der Waals surface area contributed by atoms with E-state index in [9.17, 15) is 4.79 Å². The van der Waals surface area contributed by atoms with E-state index in [-0.39, 0.29) is 18.3 Å². The number of hydrogen-bond donors (Lipinski definition) is 1. The van der Waals surface area contributed by atoms with E-state index in [0.717, 1.165) is 19.6 Å². The van der Waals surface area contributed by atoms with Crippen molar-refractivity contribution >= 4 is 24.0 Å². The standard InChI is InChI=1S/C12H16N2O2.ClH/c13-11-4-2-10(3-5-11)12(15)14-6-1-8-16-9-7-14;/h2-5H,1,6-9,13H2;1H. The van der Waals surface area contributed by atoms with Gasteiger partial charge in [-0.2, -0.15) is 0 Å². The van der Waals surface area contributed by atoms with Gasteiger partial charge in [0.05, 0.1) is 6.61 Å². The van der Waals surface area contributed by atoms with E-state index in [1.807, 2.05) is 4.90 Å². The number of amides is 1. The third-order valence-electron chi connectivity index (χ3n) is 2.67. The molecule has 0 atom stereocenters. The molecule has 94 valence electrons. The summed E-state index contributed by atoms with van der Waals surface area (Å²) in [5.41, 5.74) is 6.95. The van der Waals surface area contributed by atoms with Gasteiger partial charge in [0.2, 0.25) is 0 Å². The van der Waals surface area contributed by atoms with Gasteiger partial charge >= 0.3 is 0 Å². The molecule has 0 radical (unpaired) electrons. The normalized spacial score (nSPS) is 15.9. The second kappa shape index (κ2) is 6.47. The summed E-state index contributed by atoms with van der Waals surface area (Å²) in [7, 11) is 0. The number of nitrogens with two attached hydrogens (primary N) is 1. The van der Waals surface area contributed by atoms with Gasteiger partial charge in [0, 0.05) is 30.9 Å². The molecule has 1 aliphatic heterocycles. The first-order valence-electron chi connectivity index (χ1n) is 5.50. The molecular weight excluding hydrogens is 240 g/mol. The van der Waals surface area contributed by atoms with Gasteiger partial charge in [0.1, 0.15) is 0 Å². The number of anilines is 1. The minimum absolute atomic E-state index is 0. The van der Waals surface area contributed by atoms with Crippen LogP contribution in [0.25, 0.3) is 0 Å². The zero-order valence-corrected chi connectivity index (χ0v) is 10.4. The van der Waals surface area contributed by atoms with Gasteiger partial charge in [0.15, 0.2) is 0 Å². The molecule has 0 spiro atoms. The smallest absolute Gasteiger partial charge is 0.253 e. The van der Waals surface area contributed by atoms with Crippen molar-refractivity contribution in [3.05, 3.63) is 29.8 Å². The van der Waals surface area contributed by atoms with Gasteiger partial charge in [-0.1, -0.05) is 0 Å². The summed E-state index contributed by atoms with van der Waals surface area (Å²) < 4.78 is 5.32. The number of carbonyl (C=O) groups excluding carboxylic acids is 1. The molecule has 0 saturated carbocycles. The lowest BCUT2D eigenvalue weighted by Crippen LogP contribution is -2.33. The molecule has 0 bridgehead atoms. The molecule has 1 aromatic carbocycles. The summed E-state index contributed by atoms with van der Waals surface area (Å²) >= 11 is 0. The Bertz CT molecular complexity index is 359. The zero-order chi connectivity index (χ0) is 11.4. The molecule has 4 nitrogen and oxygen atoms in total. The number of carbonyl (C=O) groups is 1. The van der Waals surface area contributed by atoms with E-state index >= 15 is 0 Å². The summed E-state index contributed by atoms with van der Waals surface area (Å²) in [4.78, 5) is 13.9. The highest BCUT2D eigenvalue weighted by atomic mass is 35.5. The van der Waals surface area contributed by atoms with Crippen molar-refractivity contribution < 1.29 is 9.53 Å². The second-order valence-electron chi connectivity index (χ2n) is 3.88. The SMILES string of the molecule is Cl.Nc1ccc(C(=O)N2CCCOCC2)cc1. The molecule has 2 N–H and O–H groups in total. The van der Waals surface area contributed by atoms with E-state index in [1.54, 1.807) is 24.3 Å². The van der Waals surface area contributed by atoms with Crippen LogP contribution in [0.3, 0.4) is 0 Å². The van der Waals surface area contributed by atoms with Crippen molar-refractivity contribution in [3.63, 3.8) is 0 Å². The predicted octanol–water partition coefficient (Wildman–Crippen LogP) is 1.55. The van der Waals surface area contributed by atoms with Crippen molar-refractivity contribution in [3.8, 4) is 0 Å². The fourth-order valence-corrected chi connectivity index (χ4v) is 1.76. The first-order chi connectivity index (χ1) is 7.77. The molecule has 2 rings (SSSR count). The highest BCUT2D eigenvalue weighted by molar-refractivity contribution is 5.94. The fraction of sp³-hybridized carbons (Fsp3) is 0.417. The van der Waals surface area contributed by atoms with Crippen molar-refractivity contribution in [1.29, 1.82) is 0 Å². The van der Waals surface area contributed by atoms with Gasteiger partial charge in [-0.15, -0.1) is 12.4 Å². The molecule has 1 fully saturated rings. The largest absolute Gasteiger partial charge is 0.399 e. The minimum Gasteiger partial charge on any atom is -0.399 e. The lowest BCUT2D eigenvalue weighted by Gasteiger charge is -2.19. The Balaban J connectivity index is 0.00000144. The fourth-order valence-electron chi connectivity index (χ4n) is 1.76. The number of ether oxygens (including phenoxy) is 1. The van der Waals surface area contributed by atoms with E-state index in [0.29, 0.717) is 24.4 Å². The molecule has 1 heterocycles. The number of hydrogen-bond acceptors (Lipinski definition) is 3. The van der Waals surface area contributed by atoms with Gasteiger partial charge < -0.3 is 15.4 Å². The van der Waals surface area contributed by atoms with Crippen LogP contribution in [0.4, 0.5) is 5.69 Å². The van der Waals surface area contributed by atoms with Gasteiger partial charge in [-0.3, -0.25) is 4.79 Å². The molecule has 0 aliphatic carbocycles. The predicted molar refractivity (Wildman–Crippen MR) is 69.4 cm³/mol. The lowest BCUT2D eigenvalue weighted by atomic mass is 10.2. The third-order valence-corrected chi connectivity index (χ3v) is 2.67. The number of halogens is 1. The van der Waals surface area contributed by atoms with Crippen LogP contribution in [-0.2, 0) is 4.74 Å². The van der Waals surface area contributed by atoms with E-state index in [1.165, 1.54) is 0 Å². The molecule has 0 aromatic heterocycles. The Hall–Kier alpha value is -1.26. The topological polar surface area (TPSA) is 55.6 Å². The maximum atomic E-state index is 12.1. The van der Waals surface area contributed by atoms with Crippen LogP contribution >= 0.6 is 12.4 Å². The number of benzene rings is 1. The maximum absolute atomic E-state index is 12.1. The molecule has 1 aliphatic rings. The second-order valence-corrected chi connectivity index (χ2v) is 3.88. The number of nitrogens with zero attached hydrogens (tertiary/aromatic N) is 1. The highest BCUT2D eigenvalue weighted by Gasteiger charge is 2.16. The summed E-state index contributed by atoms with van der Waals surface area (Å²) in [6.45, 7) is 2.80. The van der Waals surface area contributed by atoms with Crippen molar-refractivity contribution in [2.75, 3.05) is 32.0 Å². The van der Waals surface area contributed by atoms with Crippen molar-refractivity contribution in [2.24, 2.45) is 0 Å². The van der Waals surface area contributed by atoms with E-state index < -0.39 is 0 Å². The Labute approximate surface area is 107 Å². The Morgan fingerprint density at radius 3 is 2.59 bits per heavy atom. The van der Waals surface area contributed by atoms with Gasteiger partial charge in [-0.05, 0) is 30.7 Å². The average Bonchev–Trinajstić information content (AvgIpc) is 2.57. The van der Waals surface area contributed by atoms with E-state index in [2.05, 4.69) is 0 Å². The third kappa shape index (κ3) is 3.61. The van der Waals surface area contributed by atoms with Gasteiger partial charge in [-0.25, -0.2) is 0 Å². The Kier molecular flexibility index (Phi) is 5.25. The summed E-state index contributed by atoms with van der Waals surface area (Å²) in [5.74, 6) is 0.0606. The molecule has 17 heavy (non-hydrogen) atoms. The summed E-state index contributed by atoms with van der Waals surface area (Å²) in [6, 6.07) is 7.04. The number of rotatable bonds is 1. The molecule has 1 saturated heterocycles. The molecule has 0 unspecified atom stereocenters. The monoisotopic (exact) mass is 256 g/mol. The van der Waals surface area contributed by atoms with Crippen LogP contribution in [0.5, 0.6) is 0 Å². The molecule has 1 aromatic rings. The molecular formula is C12H17ClN2O2. The summed E-state index contributed by atoms with van der Waals surface area (Å²) in [5, 5.41) is 0. The quantitative estimate of drug-likeness (QED) is 0.776. The van der Waals surface area contributed by atoms with E-state index in [4.69, 9.17) is 10.5 Å². The lowest BCUT2D eigenvalue weighted by molar-refractivity contribution is 0.0741. The first kappa shape index (κ1) is 13.8. The van der Waals surface area contributed by atoms with Crippen LogP contribution in [0.2, 0.25) is 0 Å². The van der Waals surface area contributed by atoms with Crippen LogP contribution in [0.1, 0.15) is 16.8 Å². The van der Waals surface area contributed by atoms with Crippen molar-refractivity contribution in [2.45, 2.75) is 6.42 Å². The minimum atomic E-state index is 0. The Morgan fingerprint density at radius 1 is 1.18 bits per heavy atom. The van der Waals surface area contributed by atoms with Crippen LogP contribution in [0.15, 0.2) is 24.3 Å². The van der Waals surface area contributed by atoms with Crippen LogP contribution in [-0.4, -0.2) is 37.1 Å². The molecule has 5 heteroatoms. The van der Waals surface area contributed by atoms with Crippen LogP contribution in [0, 0.1) is 0 Å². The first-order valence-corrected chi connectivity index (χ1v) is 5.50. The summed E-state index contributed by atoms with van der Waals surface area (Å²) in [6.07, 6.45) is 0.903. The zero-order valence-electron chi connectivity index (χ0n) is 9.59. The van der Waals surface area contributed by atoms with Gasteiger partial charge in [0.25, 0.3) is 5.91 Å². The highest BCUT2D eigenvalue weighted by Crippen LogP contribution is 2.10. The van der Waals surface area contributed by atoms with Crippen LogP contribution < -0.4 is 5.73 Å². The molecule has 1 amide bonds. The Morgan fingerprint density at radius 2 is 1.88 bits per heavy atom. The maximum Gasteiger partial charge on any atom is 0.253 e.